The maximum absolute atomic E-state index is 12.6. The molecular formula is C16H15NO6S. The number of ether oxygens (including phenoxy) is 2. The van der Waals surface area contributed by atoms with E-state index in [0.29, 0.717) is 30.3 Å². The zero-order chi connectivity index (χ0) is 17.3. The molecule has 1 aliphatic rings. The van der Waals surface area contributed by atoms with E-state index < -0.39 is 16.0 Å². The topological polar surface area (TPSA) is 102 Å². The first-order valence-corrected chi connectivity index (χ1v) is 8.61. The number of rotatable bonds is 4. The lowest BCUT2D eigenvalue weighted by Crippen LogP contribution is -2.17. The molecular weight excluding hydrogens is 334 g/mol. The van der Waals surface area contributed by atoms with Gasteiger partial charge in [-0.25, -0.2) is 13.2 Å². The number of sulfonamides is 1. The van der Waals surface area contributed by atoms with Gasteiger partial charge in [0.15, 0.2) is 11.5 Å². The Labute approximate surface area is 138 Å². The minimum absolute atomic E-state index is 0.000439. The lowest BCUT2D eigenvalue weighted by molar-refractivity contribution is 0.0697. The molecule has 0 saturated carbocycles. The highest BCUT2D eigenvalue weighted by Gasteiger charge is 2.20. The monoisotopic (exact) mass is 349 g/mol. The Kier molecular flexibility index (Phi) is 4.06. The summed E-state index contributed by atoms with van der Waals surface area (Å²) in [4.78, 5) is 11.1. The third-order valence-corrected chi connectivity index (χ3v) is 4.92. The number of hydrogen-bond donors (Lipinski definition) is 2. The van der Waals surface area contributed by atoms with Crippen molar-refractivity contribution in [1.29, 1.82) is 0 Å². The lowest BCUT2D eigenvalue weighted by atomic mass is 10.1. The number of benzene rings is 2. The van der Waals surface area contributed by atoms with Gasteiger partial charge in [-0.3, -0.25) is 4.72 Å². The minimum Gasteiger partial charge on any atom is -0.486 e. The Morgan fingerprint density at radius 3 is 2.50 bits per heavy atom. The summed E-state index contributed by atoms with van der Waals surface area (Å²) in [6.07, 6.45) is 0. The van der Waals surface area contributed by atoms with Crippen LogP contribution in [-0.4, -0.2) is 32.7 Å². The predicted molar refractivity (Wildman–Crippen MR) is 86.4 cm³/mol. The molecule has 0 radical (unpaired) electrons. The second kappa shape index (κ2) is 6.04. The van der Waals surface area contributed by atoms with Gasteiger partial charge in [-0.05, 0) is 36.8 Å². The zero-order valence-electron chi connectivity index (χ0n) is 12.8. The van der Waals surface area contributed by atoms with Crippen LogP contribution in [0, 0.1) is 6.92 Å². The van der Waals surface area contributed by atoms with Crippen LogP contribution in [-0.2, 0) is 10.0 Å². The van der Waals surface area contributed by atoms with E-state index in [1.807, 2.05) is 0 Å². The number of carboxylic acid groups (broad SMARTS) is 1. The molecule has 0 fully saturated rings. The highest BCUT2D eigenvalue weighted by molar-refractivity contribution is 7.92. The fraction of sp³-hybridized carbons (Fsp3) is 0.188. The molecule has 8 heteroatoms. The van der Waals surface area contributed by atoms with Crippen LogP contribution in [0.3, 0.4) is 0 Å². The van der Waals surface area contributed by atoms with E-state index in [-0.39, 0.29) is 16.1 Å². The van der Waals surface area contributed by atoms with Gasteiger partial charge >= 0.3 is 5.97 Å². The maximum Gasteiger partial charge on any atom is 0.335 e. The van der Waals surface area contributed by atoms with Gasteiger partial charge < -0.3 is 14.6 Å². The maximum atomic E-state index is 12.6. The van der Waals surface area contributed by atoms with Gasteiger partial charge in [0.05, 0.1) is 16.1 Å². The molecule has 1 aliphatic heterocycles. The molecule has 24 heavy (non-hydrogen) atoms. The summed E-state index contributed by atoms with van der Waals surface area (Å²) in [5, 5.41) is 9.04. The van der Waals surface area contributed by atoms with Gasteiger partial charge in [-0.1, -0.05) is 6.07 Å². The number of carboxylic acids is 1. The summed E-state index contributed by atoms with van der Waals surface area (Å²) in [5.41, 5.74) is 0.825. The van der Waals surface area contributed by atoms with Crippen LogP contribution in [0.1, 0.15) is 15.9 Å². The summed E-state index contributed by atoms with van der Waals surface area (Å²) in [6.45, 7) is 2.45. The van der Waals surface area contributed by atoms with E-state index in [2.05, 4.69) is 4.72 Å². The van der Waals surface area contributed by atoms with Crippen molar-refractivity contribution < 1.29 is 27.8 Å². The highest BCUT2D eigenvalue weighted by Crippen LogP contribution is 2.33. The number of fused-ring (bicyclic) bond motifs is 1. The van der Waals surface area contributed by atoms with E-state index in [1.165, 1.54) is 30.3 Å². The molecule has 1 heterocycles. The zero-order valence-corrected chi connectivity index (χ0v) is 13.6. The number of nitrogens with one attached hydrogen (secondary N) is 1. The Morgan fingerprint density at radius 1 is 1.08 bits per heavy atom. The van der Waals surface area contributed by atoms with E-state index in [1.54, 1.807) is 13.0 Å². The fourth-order valence-corrected chi connectivity index (χ4v) is 3.40. The highest BCUT2D eigenvalue weighted by atomic mass is 32.2. The van der Waals surface area contributed by atoms with Gasteiger partial charge in [0.1, 0.15) is 13.2 Å². The summed E-state index contributed by atoms with van der Waals surface area (Å²) >= 11 is 0. The van der Waals surface area contributed by atoms with Crippen molar-refractivity contribution in [2.45, 2.75) is 11.8 Å². The van der Waals surface area contributed by atoms with Crippen LogP contribution < -0.4 is 14.2 Å². The standard InChI is InChI=1S/C16H15NO6S/c1-10-2-3-11(16(18)19)8-13(10)17-24(20,21)12-4-5-14-15(9-12)23-7-6-22-14/h2-5,8-9,17H,6-7H2,1H3,(H,18,19). The third kappa shape index (κ3) is 3.13. The van der Waals surface area contributed by atoms with Crippen molar-refractivity contribution in [2.24, 2.45) is 0 Å². The van der Waals surface area contributed by atoms with Crippen molar-refractivity contribution in [3.8, 4) is 11.5 Å². The largest absolute Gasteiger partial charge is 0.486 e. The average molecular weight is 349 g/mol. The van der Waals surface area contributed by atoms with Crippen molar-refractivity contribution in [1.82, 2.24) is 0 Å². The molecule has 0 atom stereocenters. The molecule has 7 nitrogen and oxygen atoms in total. The van der Waals surface area contributed by atoms with E-state index in [0.717, 1.165) is 0 Å². The molecule has 2 aromatic carbocycles. The van der Waals surface area contributed by atoms with E-state index >= 15 is 0 Å². The average Bonchev–Trinajstić information content (AvgIpc) is 2.56. The van der Waals surface area contributed by atoms with Crippen LogP contribution in [0.5, 0.6) is 11.5 Å². The Bertz CT molecular complexity index is 907. The molecule has 0 aromatic heterocycles. The lowest BCUT2D eigenvalue weighted by Gasteiger charge is -2.19. The normalized spacial score (nSPS) is 13.4. The summed E-state index contributed by atoms with van der Waals surface area (Å²) in [6, 6.07) is 8.57. The SMILES string of the molecule is Cc1ccc(C(=O)O)cc1NS(=O)(=O)c1ccc2c(c1)OCCO2. The first-order valence-electron chi connectivity index (χ1n) is 7.13. The van der Waals surface area contributed by atoms with E-state index in [4.69, 9.17) is 14.6 Å². The van der Waals surface area contributed by atoms with Gasteiger partial charge in [0, 0.05) is 6.07 Å². The Morgan fingerprint density at radius 2 is 1.79 bits per heavy atom. The summed E-state index contributed by atoms with van der Waals surface area (Å²) in [5.74, 6) is -0.279. The number of hydrogen-bond acceptors (Lipinski definition) is 5. The molecule has 3 rings (SSSR count). The molecule has 0 aliphatic carbocycles. The van der Waals surface area contributed by atoms with Crippen molar-refractivity contribution in [2.75, 3.05) is 17.9 Å². The smallest absolute Gasteiger partial charge is 0.335 e. The van der Waals surface area contributed by atoms with Crippen molar-refractivity contribution in [3.63, 3.8) is 0 Å². The molecule has 126 valence electrons. The first-order chi connectivity index (χ1) is 11.4. The number of carbonyl (C=O) groups is 1. The Balaban J connectivity index is 1.94. The van der Waals surface area contributed by atoms with Gasteiger partial charge in [-0.15, -0.1) is 0 Å². The van der Waals surface area contributed by atoms with Crippen molar-refractivity contribution >= 4 is 21.7 Å². The van der Waals surface area contributed by atoms with Crippen molar-refractivity contribution in [3.05, 3.63) is 47.5 Å². The predicted octanol–water partition coefficient (Wildman–Crippen LogP) is 2.27. The third-order valence-electron chi connectivity index (χ3n) is 3.55. The van der Waals surface area contributed by atoms with Crippen LogP contribution in [0.25, 0.3) is 0 Å². The number of aromatic carboxylic acids is 1. The van der Waals surface area contributed by atoms with Gasteiger partial charge in [-0.2, -0.15) is 0 Å². The molecule has 0 amide bonds. The quantitative estimate of drug-likeness (QED) is 0.878. The van der Waals surface area contributed by atoms with Crippen LogP contribution >= 0.6 is 0 Å². The van der Waals surface area contributed by atoms with Crippen LogP contribution in [0.2, 0.25) is 0 Å². The van der Waals surface area contributed by atoms with Crippen LogP contribution in [0.4, 0.5) is 5.69 Å². The molecule has 2 N–H and O–H groups in total. The van der Waals surface area contributed by atoms with E-state index in [9.17, 15) is 13.2 Å². The summed E-state index contributed by atoms with van der Waals surface area (Å²) in [7, 11) is -3.89. The molecule has 0 bridgehead atoms. The Hall–Kier alpha value is -2.74. The summed E-state index contributed by atoms with van der Waals surface area (Å²) < 4.78 is 38.3. The van der Waals surface area contributed by atoms with Gasteiger partial charge in [0.25, 0.3) is 10.0 Å². The second-order valence-electron chi connectivity index (χ2n) is 5.25. The second-order valence-corrected chi connectivity index (χ2v) is 6.93. The minimum atomic E-state index is -3.89. The number of anilines is 1. The molecule has 0 saturated heterocycles. The molecule has 0 unspecified atom stereocenters. The molecule has 2 aromatic rings. The van der Waals surface area contributed by atoms with Crippen LogP contribution in [0.15, 0.2) is 41.3 Å². The van der Waals surface area contributed by atoms with Gasteiger partial charge in [0.2, 0.25) is 0 Å². The molecule has 0 spiro atoms. The number of aryl methyl sites for hydroxylation is 1. The first kappa shape index (κ1) is 16.1. The fourth-order valence-electron chi connectivity index (χ4n) is 2.26.